The first-order chi connectivity index (χ1) is 10.3. The predicted octanol–water partition coefficient (Wildman–Crippen LogP) is 3.65. The number of carbonyl (C=O) groups is 1. The van der Waals surface area contributed by atoms with Crippen LogP contribution in [0.1, 0.15) is 15.9 Å². The van der Waals surface area contributed by atoms with E-state index < -0.39 is 5.97 Å². The van der Waals surface area contributed by atoms with Gasteiger partial charge in [0.15, 0.2) is 0 Å². The third-order valence-electron chi connectivity index (χ3n) is 3.31. The van der Waals surface area contributed by atoms with Gasteiger partial charge in [0.1, 0.15) is 5.00 Å². The van der Waals surface area contributed by atoms with Crippen molar-refractivity contribution in [2.24, 2.45) is 0 Å². The molecule has 5 heteroatoms. The van der Waals surface area contributed by atoms with E-state index in [0.717, 1.165) is 21.5 Å². The van der Waals surface area contributed by atoms with E-state index in [2.05, 4.69) is 9.69 Å². The molecule has 0 amide bonds. The Morgan fingerprint density at radius 1 is 1.14 bits per heavy atom. The molecule has 0 spiro atoms. The van der Waals surface area contributed by atoms with Crippen LogP contribution in [-0.4, -0.2) is 22.0 Å². The monoisotopic (exact) mass is 298 g/mol. The molecular weight excluding hydrogens is 284 g/mol. The summed E-state index contributed by atoms with van der Waals surface area (Å²) in [4.78, 5) is 11.2. The summed E-state index contributed by atoms with van der Waals surface area (Å²) in [5, 5.41) is 14.6. The summed E-state index contributed by atoms with van der Waals surface area (Å²) in [5.74, 6) is -0.881. The lowest BCUT2D eigenvalue weighted by molar-refractivity contribution is 0.0695. The second-order valence-corrected chi connectivity index (χ2v) is 5.44. The van der Waals surface area contributed by atoms with Gasteiger partial charge in [0.05, 0.1) is 11.1 Å². The van der Waals surface area contributed by atoms with Gasteiger partial charge in [-0.15, -0.1) is 0 Å². The second kappa shape index (κ2) is 5.93. The Morgan fingerprint density at radius 3 is 2.76 bits per heavy atom. The predicted molar refractivity (Wildman–Crippen MR) is 85.2 cm³/mol. The van der Waals surface area contributed by atoms with E-state index in [1.165, 1.54) is 11.5 Å². The minimum atomic E-state index is -0.881. The highest BCUT2D eigenvalue weighted by atomic mass is 32.1. The molecule has 3 rings (SSSR count). The van der Waals surface area contributed by atoms with Crippen molar-refractivity contribution in [2.75, 3.05) is 11.9 Å². The number of nitrogens with zero attached hydrogens (tertiary/aromatic N) is 1. The van der Waals surface area contributed by atoms with Crippen LogP contribution in [0.2, 0.25) is 0 Å². The minimum absolute atomic E-state index is 0.369. The Kier molecular flexibility index (Phi) is 3.83. The largest absolute Gasteiger partial charge is 0.478 e. The quantitative estimate of drug-likeness (QED) is 0.754. The summed E-state index contributed by atoms with van der Waals surface area (Å²) in [6.45, 7) is 0.677. The Labute approximate surface area is 126 Å². The van der Waals surface area contributed by atoms with Gasteiger partial charge in [-0.05, 0) is 41.7 Å². The van der Waals surface area contributed by atoms with Crippen LogP contribution < -0.4 is 5.32 Å². The maximum absolute atomic E-state index is 11.2. The van der Waals surface area contributed by atoms with Crippen LogP contribution in [0, 0.1) is 0 Å². The molecule has 1 aromatic heterocycles. The van der Waals surface area contributed by atoms with Crippen molar-refractivity contribution in [1.29, 1.82) is 0 Å². The van der Waals surface area contributed by atoms with Crippen molar-refractivity contribution < 1.29 is 9.90 Å². The summed E-state index contributed by atoms with van der Waals surface area (Å²) in [7, 11) is 0. The minimum Gasteiger partial charge on any atom is -0.478 e. The van der Waals surface area contributed by atoms with Gasteiger partial charge in [-0.2, -0.15) is 4.37 Å². The highest BCUT2D eigenvalue weighted by Crippen LogP contribution is 2.27. The number of carboxylic acids is 1. The maximum atomic E-state index is 11.2. The fraction of sp³-hybridized carbons (Fsp3) is 0.125. The Morgan fingerprint density at radius 2 is 1.90 bits per heavy atom. The van der Waals surface area contributed by atoms with Crippen molar-refractivity contribution in [2.45, 2.75) is 6.42 Å². The molecule has 4 nitrogen and oxygen atoms in total. The summed E-state index contributed by atoms with van der Waals surface area (Å²) < 4.78 is 4.38. The molecule has 0 aliphatic heterocycles. The average Bonchev–Trinajstić information content (AvgIpc) is 2.91. The molecule has 106 valence electrons. The normalized spacial score (nSPS) is 10.7. The molecule has 0 saturated heterocycles. The molecule has 2 aromatic carbocycles. The SMILES string of the molecule is O=C(O)c1ccccc1CCNc1snc2ccccc12. The third-order valence-corrected chi connectivity index (χ3v) is 4.15. The molecule has 0 fully saturated rings. The summed E-state index contributed by atoms with van der Waals surface area (Å²) in [6, 6.07) is 15.1. The fourth-order valence-electron chi connectivity index (χ4n) is 2.27. The lowest BCUT2D eigenvalue weighted by Crippen LogP contribution is -2.08. The van der Waals surface area contributed by atoms with Gasteiger partial charge < -0.3 is 10.4 Å². The van der Waals surface area contributed by atoms with E-state index in [9.17, 15) is 4.79 Å². The van der Waals surface area contributed by atoms with Crippen LogP contribution >= 0.6 is 11.5 Å². The third kappa shape index (κ3) is 2.87. The number of nitrogens with one attached hydrogen (secondary N) is 1. The number of hydrogen-bond donors (Lipinski definition) is 2. The summed E-state index contributed by atoms with van der Waals surface area (Å²) >= 11 is 1.43. The smallest absolute Gasteiger partial charge is 0.335 e. The van der Waals surface area contributed by atoms with Crippen LogP contribution in [0.25, 0.3) is 10.9 Å². The number of aromatic nitrogens is 1. The van der Waals surface area contributed by atoms with Crippen LogP contribution in [0.15, 0.2) is 48.5 Å². The topological polar surface area (TPSA) is 62.2 Å². The van der Waals surface area contributed by atoms with Gasteiger partial charge in [0.2, 0.25) is 0 Å². The van der Waals surface area contributed by atoms with E-state index >= 15 is 0 Å². The van der Waals surface area contributed by atoms with Gasteiger partial charge in [-0.3, -0.25) is 0 Å². The number of benzene rings is 2. The maximum Gasteiger partial charge on any atom is 0.335 e. The molecule has 0 atom stereocenters. The molecule has 0 unspecified atom stereocenters. The molecule has 2 N–H and O–H groups in total. The first-order valence-corrected chi connectivity index (χ1v) is 7.42. The molecule has 0 bridgehead atoms. The zero-order valence-electron chi connectivity index (χ0n) is 11.2. The average molecular weight is 298 g/mol. The van der Waals surface area contributed by atoms with Gasteiger partial charge in [-0.25, -0.2) is 4.79 Å². The van der Waals surface area contributed by atoms with E-state index in [0.29, 0.717) is 18.5 Å². The molecule has 0 saturated carbocycles. The van der Waals surface area contributed by atoms with Gasteiger partial charge in [0, 0.05) is 11.9 Å². The standard InChI is InChI=1S/C16H14N2O2S/c19-16(20)12-6-2-1-5-11(12)9-10-17-15-13-7-3-4-8-14(13)18-21-15/h1-8,17H,9-10H2,(H,19,20). The number of carboxylic acid groups (broad SMARTS) is 1. The lowest BCUT2D eigenvalue weighted by Gasteiger charge is -2.07. The summed E-state index contributed by atoms with van der Waals surface area (Å²) in [5.41, 5.74) is 2.19. The van der Waals surface area contributed by atoms with Crippen LogP contribution in [0.3, 0.4) is 0 Å². The van der Waals surface area contributed by atoms with Crippen LogP contribution in [0.5, 0.6) is 0 Å². The Hall–Kier alpha value is -2.40. The zero-order valence-corrected chi connectivity index (χ0v) is 12.1. The van der Waals surface area contributed by atoms with E-state index in [1.807, 2.05) is 36.4 Å². The summed E-state index contributed by atoms with van der Waals surface area (Å²) in [6.07, 6.45) is 0.661. The Balaban J connectivity index is 1.71. The van der Waals surface area contributed by atoms with Crippen molar-refractivity contribution >= 4 is 33.4 Å². The first kappa shape index (κ1) is 13.6. The van der Waals surface area contributed by atoms with Crippen molar-refractivity contribution in [1.82, 2.24) is 4.37 Å². The number of hydrogen-bond acceptors (Lipinski definition) is 4. The Bertz CT molecular complexity index is 783. The van der Waals surface area contributed by atoms with Crippen LogP contribution in [-0.2, 0) is 6.42 Å². The van der Waals surface area contributed by atoms with E-state index in [4.69, 9.17) is 5.11 Å². The highest BCUT2D eigenvalue weighted by Gasteiger charge is 2.09. The highest BCUT2D eigenvalue weighted by molar-refractivity contribution is 7.11. The molecule has 1 heterocycles. The number of rotatable bonds is 5. The molecule has 0 aliphatic carbocycles. The molecule has 0 radical (unpaired) electrons. The van der Waals surface area contributed by atoms with Gasteiger partial charge in [-0.1, -0.05) is 30.3 Å². The number of fused-ring (bicyclic) bond motifs is 1. The molecular formula is C16H14N2O2S. The van der Waals surface area contributed by atoms with E-state index in [-0.39, 0.29) is 0 Å². The molecule has 21 heavy (non-hydrogen) atoms. The zero-order chi connectivity index (χ0) is 14.7. The van der Waals surface area contributed by atoms with Crippen molar-refractivity contribution in [3.05, 3.63) is 59.7 Å². The second-order valence-electron chi connectivity index (χ2n) is 4.67. The number of anilines is 1. The first-order valence-electron chi connectivity index (χ1n) is 6.65. The fourth-order valence-corrected chi connectivity index (χ4v) is 3.06. The molecule has 0 aliphatic rings. The van der Waals surface area contributed by atoms with Crippen molar-refractivity contribution in [3.63, 3.8) is 0 Å². The van der Waals surface area contributed by atoms with Crippen LogP contribution in [0.4, 0.5) is 5.00 Å². The van der Waals surface area contributed by atoms with Gasteiger partial charge >= 0.3 is 5.97 Å². The molecule has 3 aromatic rings. The number of aromatic carboxylic acids is 1. The van der Waals surface area contributed by atoms with Gasteiger partial charge in [0.25, 0.3) is 0 Å². The lowest BCUT2D eigenvalue weighted by atomic mass is 10.0. The van der Waals surface area contributed by atoms with E-state index in [1.54, 1.807) is 12.1 Å². The van der Waals surface area contributed by atoms with Crippen molar-refractivity contribution in [3.8, 4) is 0 Å².